The molecule has 0 radical (unpaired) electrons. The Morgan fingerprint density at radius 3 is 2.42 bits per heavy atom. The number of hydrogen-bond acceptors (Lipinski definition) is 2. The lowest BCUT2D eigenvalue weighted by Crippen LogP contribution is -2.19. The molecule has 3 aromatic rings. The topological polar surface area (TPSA) is 31.2 Å². The van der Waals surface area contributed by atoms with Crippen molar-refractivity contribution in [1.29, 1.82) is 0 Å². The summed E-state index contributed by atoms with van der Waals surface area (Å²) < 4.78 is 45.5. The third kappa shape index (κ3) is 2.99. The van der Waals surface area contributed by atoms with Crippen molar-refractivity contribution in [2.75, 3.05) is 7.11 Å². The normalized spacial score (nSPS) is 11.7. The molecule has 0 fully saturated rings. The van der Waals surface area contributed by atoms with E-state index < -0.39 is 12.3 Å². The van der Waals surface area contributed by atoms with Crippen molar-refractivity contribution in [3.05, 3.63) is 71.4 Å². The lowest BCUT2D eigenvalue weighted by Gasteiger charge is -2.14. The molecule has 0 aliphatic rings. The van der Waals surface area contributed by atoms with Crippen LogP contribution in [0.15, 0.2) is 54.6 Å². The molecule has 1 aromatic heterocycles. The molecule has 0 aliphatic carbocycles. The minimum Gasteiger partial charge on any atom is -0.465 e. The van der Waals surface area contributed by atoms with Crippen molar-refractivity contribution in [2.24, 2.45) is 0 Å². The second-order valence-electron chi connectivity index (χ2n) is 5.37. The molecular formula is C18H14F3NO2. The van der Waals surface area contributed by atoms with Gasteiger partial charge in [-0.05, 0) is 29.8 Å². The van der Waals surface area contributed by atoms with Crippen LogP contribution in [0.2, 0.25) is 0 Å². The number of carbonyl (C=O) groups is 1. The summed E-state index contributed by atoms with van der Waals surface area (Å²) in [5.74, 6) is -0.582. The van der Waals surface area contributed by atoms with Crippen molar-refractivity contribution >= 4 is 16.9 Å². The van der Waals surface area contributed by atoms with E-state index in [9.17, 15) is 18.0 Å². The Morgan fingerprint density at radius 1 is 1.08 bits per heavy atom. The van der Waals surface area contributed by atoms with Gasteiger partial charge in [0, 0.05) is 17.5 Å². The average Bonchev–Trinajstić information content (AvgIpc) is 2.92. The number of esters is 1. The largest absolute Gasteiger partial charge is 0.489 e. The molecule has 24 heavy (non-hydrogen) atoms. The SMILES string of the molecule is COC(=O)c1ccc2c(c1)cc(Cc1ccccc1)n2C(F)(F)F. The first kappa shape index (κ1) is 16.1. The van der Waals surface area contributed by atoms with Crippen molar-refractivity contribution in [1.82, 2.24) is 4.57 Å². The van der Waals surface area contributed by atoms with Crippen LogP contribution in [0.25, 0.3) is 10.9 Å². The number of halogens is 3. The van der Waals surface area contributed by atoms with Gasteiger partial charge in [-0.1, -0.05) is 30.3 Å². The number of aromatic nitrogens is 1. The van der Waals surface area contributed by atoms with Crippen molar-refractivity contribution in [2.45, 2.75) is 12.7 Å². The molecule has 2 aromatic carbocycles. The maximum atomic E-state index is 13.5. The van der Waals surface area contributed by atoms with Crippen LogP contribution >= 0.6 is 0 Å². The lowest BCUT2D eigenvalue weighted by molar-refractivity contribution is -0.201. The maximum absolute atomic E-state index is 13.5. The Balaban J connectivity index is 2.14. The van der Waals surface area contributed by atoms with Crippen LogP contribution in [0, 0.1) is 0 Å². The summed E-state index contributed by atoms with van der Waals surface area (Å²) >= 11 is 0. The fraction of sp³-hybridized carbons (Fsp3) is 0.167. The highest BCUT2D eigenvalue weighted by Gasteiger charge is 2.34. The number of ether oxygens (including phenoxy) is 1. The van der Waals surface area contributed by atoms with E-state index in [4.69, 9.17) is 0 Å². The Bertz CT molecular complexity index is 882. The number of benzene rings is 2. The summed E-state index contributed by atoms with van der Waals surface area (Å²) in [4.78, 5) is 11.6. The minimum atomic E-state index is -4.54. The Hall–Kier alpha value is -2.76. The number of fused-ring (bicyclic) bond motifs is 1. The molecule has 0 bridgehead atoms. The number of alkyl halides is 3. The molecule has 6 heteroatoms. The molecular weight excluding hydrogens is 319 g/mol. The van der Waals surface area contributed by atoms with Gasteiger partial charge < -0.3 is 4.74 Å². The molecule has 0 saturated carbocycles. The van der Waals surface area contributed by atoms with Crippen LogP contribution in [0.1, 0.15) is 21.6 Å². The van der Waals surface area contributed by atoms with E-state index in [0.29, 0.717) is 9.95 Å². The van der Waals surface area contributed by atoms with Crippen molar-refractivity contribution in [3.8, 4) is 0 Å². The predicted molar refractivity (Wildman–Crippen MR) is 83.8 cm³/mol. The summed E-state index contributed by atoms with van der Waals surface area (Å²) in [5, 5.41) is 0.348. The van der Waals surface area contributed by atoms with Crippen LogP contribution in [0.5, 0.6) is 0 Å². The quantitative estimate of drug-likeness (QED) is 0.661. The molecule has 1 heterocycles. The summed E-state index contributed by atoms with van der Waals surface area (Å²) in [6.07, 6.45) is -4.40. The van der Waals surface area contributed by atoms with Gasteiger partial charge in [-0.2, -0.15) is 0 Å². The third-order valence-corrected chi connectivity index (χ3v) is 3.78. The van der Waals surface area contributed by atoms with Gasteiger partial charge in [0.15, 0.2) is 0 Å². The van der Waals surface area contributed by atoms with Crippen LogP contribution in [0.3, 0.4) is 0 Å². The zero-order valence-corrected chi connectivity index (χ0v) is 12.8. The number of carbonyl (C=O) groups excluding carboxylic acids is 1. The van der Waals surface area contributed by atoms with Crippen LogP contribution < -0.4 is 0 Å². The standard InChI is InChI=1S/C18H14F3NO2/c1-24-17(23)13-7-8-16-14(10-13)11-15(22(16)18(19,20)21)9-12-5-3-2-4-6-12/h2-8,10-11H,9H2,1H3. The molecule has 0 N–H and O–H groups in total. The van der Waals surface area contributed by atoms with Gasteiger partial charge in [0.1, 0.15) is 0 Å². The fourth-order valence-corrected chi connectivity index (χ4v) is 2.75. The molecule has 3 nitrogen and oxygen atoms in total. The van der Waals surface area contributed by atoms with E-state index in [-0.39, 0.29) is 23.2 Å². The van der Waals surface area contributed by atoms with Crippen LogP contribution in [0.4, 0.5) is 13.2 Å². The van der Waals surface area contributed by atoms with Gasteiger partial charge in [-0.3, -0.25) is 4.57 Å². The van der Waals surface area contributed by atoms with Crippen LogP contribution in [-0.2, 0) is 17.5 Å². The molecule has 0 unspecified atom stereocenters. The zero-order valence-electron chi connectivity index (χ0n) is 12.8. The molecule has 0 saturated heterocycles. The first-order valence-electron chi connectivity index (χ1n) is 7.24. The van der Waals surface area contributed by atoms with E-state index in [1.54, 1.807) is 24.3 Å². The first-order valence-corrected chi connectivity index (χ1v) is 7.24. The second kappa shape index (κ2) is 6.03. The van der Waals surface area contributed by atoms with Gasteiger partial charge in [-0.15, -0.1) is 13.2 Å². The third-order valence-electron chi connectivity index (χ3n) is 3.78. The highest BCUT2D eigenvalue weighted by atomic mass is 19.4. The minimum absolute atomic E-state index is 0.0149. The number of nitrogens with zero attached hydrogens (tertiary/aromatic N) is 1. The summed E-state index contributed by atoms with van der Waals surface area (Å²) in [7, 11) is 1.23. The van der Waals surface area contributed by atoms with Gasteiger partial charge >= 0.3 is 12.3 Å². The molecule has 0 amide bonds. The van der Waals surface area contributed by atoms with E-state index in [2.05, 4.69) is 4.74 Å². The molecule has 0 spiro atoms. The van der Waals surface area contributed by atoms with E-state index in [0.717, 1.165) is 5.56 Å². The number of rotatable bonds is 3. The number of hydrogen-bond donors (Lipinski definition) is 0. The molecule has 124 valence electrons. The maximum Gasteiger partial charge on any atom is 0.489 e. The van der Waals surface area contributed by atoms with E-state index in [1.807, 2.05) is 6.07 Å². The van der Waals surface area contributed by atoms with Gasteiger partial charge in [0.2, 0.25) is 0 Å². The lowest BCUT2D eigenvalue weighted by atomic mass is 10.1. The van der Waals surface area contributed by atoms with Crippen molar-refractivity contribution in [3.63, 3.8) is 0 Å². The van der Waals surface area contributed by atoms with Gasteiger partial charge in [0.05, 0.1) is 18.2 Å². The Labute approximate surface area is 136 Å². The average molecular weight is 333 g/mol. The van der Waals surface area contributed by atoms with Crippen molar-refractivity contribution < 1.29 is 22.7 Å². The second-order valence-corrected chi connectivity index (χ2v) is 5.37. The molecule has 0 atom stereocenters. The first-order chi connectivity index (χ1) is 11.4. The highest BCUT2D eigenvalue weighted by molar-refractivity contribution is 5.95. The van der Waals surface area contributed by atoms with Gasteiger partial charge in [-0.25, -0.2) is 4.79 Å². The van der Waals surface area contributed by atoms with E-state index in [1.165, 1.54) is 31.4 Å². The Kier molecular flexibility index (Phi) is 4.05. The predicted octanol–water partition coefficient (Wildman–Crippen LogP) is 4.50. The fourth-order valence-electron chi connectivity index (χ4n) is 2.75. The van der Waals surface area contributed by atoms with E-state index >= 15 is 0 Å². The smallest absolute Gasteiger partial charge is 0.465 e. The summed E-state index contributed by atoms with van der Waals surface area (Å²) in [6.45, 7) is 0. The monoisotopic (exact) mass is 333 g/mol. The highest BCUT2D eigenvalue weighted by Crippen LogP contribution is 2.33. The molecule has 3 rings (SSSR count). The summed E-state index contributed by atoms with van der Waals surface area (Å²) in [5.41, 5.74) is 1.13. The van der Waals surface area contributed by atoms with Gasteiger partial charge in [0.25, 0.3) is 0 Å². The summed E-state index contributed by atoms with van der Waals surface area (Å²) in [6, 6.07) is 14.4. The van der Waals surface area contributed by atoms with Crippen LogP contribution in [-0.4, -0.2) is 17.6 Å². The Morgan fingerprint density at radius 2 is 1.79 bits per heavy atom. The zero-order chi connectivity index (χ0) is 17.3. The number of methoxy groups -OCH3 is 1. The molecule has 0 aliphatic heterocycles.